The van der Waals surface area contributed by atoms with Crippen molar-refractivity contribution in [3.8, 4) is 0 Å². The second kappa shape index (κ2) is 6.49. The monoisotopic (exact) mass is 348 g/mol. The topological polar surface area (TPSA) is 66.5 Å². The fourth-order valence-electron chi connectivity index (χ4n) is 3.95. The maximum atomic E-state index is 12.8. The van der Waals surface area contributed by atoms with Crippen LogP contribution in [0.2, 0.25) is 0 Å². The second-order valence-electron chi connectivity index (χ2n) is 6.71. The molecule has 0 bridgehead atoms. The minimum Gasteiger partial charge on any atom is -0.335 e. The number of hydrogen-bond acceptors (Lipinski definition) is 4. The molecule has 1 amide bonds. The molecule has 3 rings (SSSR count). The van der Waals surface area contributed by atoms with Gasteiger partial charge in [0.25, 0.3) is 0 Å². The third-order valence-electron chi connectivity index (χ3n) is 5.35. The van der Waals surface area contributed by atoms with E-state index >= 15 is 0 Å². The van der Waals surface area contributed by atoms with Crippen molar-refractivity contribution in [1.29, 1.82) is 0 Å². The number of hydrogen-bond donors (Lipinski definition) is 1. The van der Waals surface area contributed by atoms with Gasteiger partial charge in [-0.3, -0.25) is 4.79 Å². The van der Waals surface area contributed by atoms with Crippen LogP contribution in [0.4, 0.5) is 0 Å². The minimum absolute atomic E-state index is 0. The van der Waals surface area contributed by atoms with E-state index in [1.54, 1.807) is 11.0 Å². The molecule has 2 atom stereocenters. The molecule has 2 heterocycles. The fourth-order valence-corrected chi connectivity index (χ4v) is 5.68. The highest BCUT2D eigenvalue weighted by Gasteiger charge is 2.59. The molecule has 2 unspecified atom stereocenters. The molecule has 0 radical (unpaired) electrons. The standard InChI is InChI=1S/C15H24N2O3S.ClH/c1-2-8-17(12-3-9-21(19,20)11-12)14(18)13-10-15(13)4-6-16-7-5-15;/h2,12-13,16H,1,3-11H2;1H. The largest absolute Gasteiger partial charge is 0.335 e. The summed E-state index contributed by atoms with van der Waals surface area (Å²) in [7, 11) is -2.97. The van der Waals surface area contributed by atoms with E-state index in [1.807, 2.05) is 0 Å². The summed E-state index contributed by atoms with van der Waals surface area (Å²) in [4.78, 5) is 14.6. The first-order valence-corrected chi connectivity index (χ1v) is 9.62. The Balaban J connectivity index is 0.00000176. The molecule has 1 N–H and O–H groups in total. The van der Waals surface area contributed by atoms with Gasteiger partial charge in [-0.2, -0.15) is 0 Å². The van der Waals surface area contributed by atoms with Crippen molar-refractivity contribution in [1.82, 2.24) is 10.2 Å². The van der Waals surface area contributed by atoms with Crippen molar-refractivity contribution in [2.75, 3.05) is 31.1 Å². The van der Waals surface area contributed by atoms with Crippen LogP contribution in [0.3, 0.4) is 0 Å². The Morgan fingerprint density at radius 1 is 1.36 bits per heavy atom. The molecular weight excluding hydrogens is 324 g/mol. The Kier molecular flexibility index (Phi) is 5.24. The van der Waals surface area contributed by atoms with Crippen LogP contribution in [0, 0.1) is 11.3 Å². The molecule has 1 aliphatic carbocycles. The van der Waals surface area contributed by atoms with Crippen LogP contribution in [-0.4, -0.2) is 56.4 Å². The normalized spacial score (nSPS) is 31.3. The molecular formula is C15H25ClN2O3S. The molecule has 5 nitrogen and oxygen atoms in total. The molecule has 2 aliphatic heterocycles. The number of nitrogens with one attached hydrogen (secondary N) is 1. The average Bonchev–Trinajstić information content (AvgIpc) is 3.01. The Labute approximate surface area is 138 Å². The summed E-state index contributed by atoms with van der Waals surface area (Å²) in [5, 5.41) is 3.34. The van der Waals surface area contributed by atoms with Crippen LogP contribution >= 0.6 is 12.4 Å². The van der Waals surface area contributed by atoms with E-state index in [9.17, 15) is 13.2 Å². The van der Waals surface area contributed by atoms with Crippen LogP contribution in [0.1, 0.15) is 25.7 Å². The first kappa shape index (κ1) is 17.8. The van der Waals surface area contributed by atoms with E-state index in [4.69, 9.17) is 0 Å². The third-order valence-corrected chi connectivity index (χ3v) is 7.10. The summed E-state index contributed by atoms with van der Waals surface area (Å²) >= 11 is 0. The molecule has 1 spiro atoms. The van der Waals surface area contributed by atoms with E-state index in [1.165, 1.54) is 0 Å². The highest BCUT2D eigenvalue weighted by Crippen LogP contribution is 2.59. The highest BCUT2D eigenvalue weighted by atomic mass is 35.5. The zero-order valence-electron chi connectivity index (χ0n) is 12.8. The van der Waals surface area contributed by atoms with Gasteiger partial charge in [0.15, 0.2) is 9.84 Å². The first-order chi connectivity index (χ1) is 9.97. The molecule has 3 fully saturated rings. The SMILES string of the molecule is C=CCN(C(=O)C1CC12CCNCC2)C1CCS(=O)(=O)C1.Cl. The molecule has 0 aromatic carbocycles. The van der Waals surface area contributed by atoms with Gasteiger partial charge in [0, 0.05) is 18.5 Å². The molecule has 2 saturated heterocycles. The number of carbonyl (C=O) groups is 1. The predicted octanol–water partition coefficient (Wildman–Crippen LogP) is 1.000. The summed E-state index contributed by atoms with van der Waals surface area (Å²) in [6, 6.07) is -0.153. The molecule has 126 valence electrons. The van der Waals surface area contributed by atoms with Crippen LogP contribution in [0.25, 0.3) is 0 Å². The zero-order chi connectivity index (χ0) is 15.1. The van der Waals surface area contributed by atoms with Crippen LogP contribution < -0.4 is 5.32 Å². The minimum atomic E-state index is -2.97. The van der Waals surface area contributed by atoms with Gasteiger partial charge in [0.1, 0.15) is 0 Å². The van der Waals surface area contributed by atoms with Gasteiger partial charge >= 0.3 is 0 Å². The molecule has 22 heavy (non-hydrogen) atoms. The zero-order valence-corrected chi connectivity index (χ0v) is 14.4. The lowest BCUT2D eigenvalue weighted by atomic mass is 9.91. The molecule has 0 aromatic heterocycles. The van der Waals surface area contributed by atoms with E-state index in [0.717, 1.165) is 32.4 Å². The van der Waals surface area contributed by atoms with Crippen LogP contribution in [-0.2, 0) is 14.6 Å². The average molecular weight is 349 g/mol. The second-order valence-corrected chi connectivity index (χ2v) is 8.93. The van der Waals surface area contributed by atoms with E-state index in [-0.39, 0.29) is 47.2 Å². The number of rotatable bonds is 4. The van der Waals surface area contributed by atoms with Crippen LogP contribution in [0.15, 0.2) is 12.7 Å². The van der Waals surface area contributed by atoms with Gasteiger partial charge in [-0.1, -0.05) is 6.08 Å². The predicted molar refractivity (Wildman–Crippen MR) is 88.9 cm³/mol. The molecule has 1 saturated carbocycles. The quantitative estimate of drug-likeness (QED) is 0.770. The summed E-state index contributed by atoms with van der Waals surface area (Å²) in [6.45, 7) is 6.16. The van der Waals surface area contributed by atoms with Gasteiger partial charge in [-0.15, -0.1) is 19.0 Å². The maximum absolute atomic E-state index is 12.8. The lowest BCUT2D eigenvalue weighted by Gasteiger charge is -2.30. The number of amides is 1. The smallest absolute Gasteiger partial charge is 0.226 e. The van der Waals surface area contributed by atoms with Gasteiger partial charge in [0.05, 0.1) is 11.5 Å². The first-order valence-electron chi connectivity index (χ1n) is 7.80. The van der Waals surface area contributed by atoms with Gasteiger partial charge < -0.3 is 10.2 Å². The molecule has 0 aromatic rings. The van der Waals surface area contributed by atoms with E-state index in [0.29, 0.717) is 13.0 Å². The Morgan fingerprint density at radius 2 is 2.05 bits per heavy atom. The number of piperidine rings is 1. The van der Waals surface area contributed by atoms with E-state index in [2.05, 4.69) is 11.9 Å². The Morgan fingerprint density at radius 3 is 2.59 bits per heavy atom. The van der Waals surface area contributed by atoms with E-state index < -0.39 is 9.84 Å². The summed E-state index contributed by atoms with van der Waals surface area (Å²) in [5.74, 6) is 0.577. The van der Waals surface area contributed by atoms with Crippen molar-refractivity contribution in [2.45, 2.75) is 31.7 Å². The van der Waals surface area contributed by atoms with Gasteiger partial charge in [-0.25, -0.2) is 8.42 Å². The molecule has 3 aliphatic rings. The number of halogens is 1. The Bertz CT molecular complexity index is 543. The van der Waals surface area contributed by atoms with Crippen molar-refractivity contribution >= 4 is 28.2 Å². The lowest BCUT2D eigenvalue weighted by molar-refractivity contribution is -0.134. The highest BCUT2D eigenvalue weighted by molar-refractivity contribution is 7.91. The van der Waals surface area contributed by atoms with Crippen molar-refractivity contribution in [2.24, 2.45) is 11.3 Å². The van der Waals surface area contributed by atoms with Crippen LogP contribution in [0.5, 0.6) is 0 Å². The number of nitrogens with zero attached hydrogens (tertiary/aromatic N) is 1. The lowest BCUT2D eigenvalue weighted by Crippen LogP contribution is -2.43. The molecule has 7 heteroatoms. The van der Waals surface area contributed by atoms with Crippen molar-refractivity contribution in [3.05, 3.63) is 12.7 Å². The van der Waals surface area contributed by atoms with Gasteiger partial charge in [-0.05, 0) is 44.2 Å². The van der Waals surface area contributed by atoms with Crippen molar-refractivity contribution < 1.29 is 13.2 Å². The number of sulfone groups is 1. The summed E-state index contributed by atoms with van der Waals surface area (Å²) in [5.41, 5.74) is 0.194. The van der Waals surface area contributed by atoms with Gasteiger partial charge in [0.2, 0.25) is 5.91 Å². The Hall–Kier alpha value is -0.590. The third kappa shape index (κ3) is 3.34. The maximum Gasteiger partial charge on any atom is 0.226 e. The number of carbonyl (C=O) groups excluding carboxylic acids is 1. The van der Waals surface area contributed by atoms with Crippen molar-refractivity contribution in [3.63, 3.8) is 0 Å². The summed E-state index contributed by atoms with van der Waals surface area (Å²) < 4.78 is 23.4. The fraction of sp³-hybridized carbons (Fsp3) is 0.800. The summed E-state index contributed by atoms with van der Waals surface area (Å²) in [6.07, 6.45) is 5.38.